The first kappa shape index (κ1) is 36.6. The molecule has 5 N–H and O–H groups in total. The number of ketones is 2. The lowest BCUT2D eigenvalue weighted by atomic mass is 9.84. The van der Waals surface area contributed by atoms with Crippen molar-refractivity contribution in [3.63, 3.8) is 0 Å². The lowest BCUT2D eigenvalue weighted by Crippen LogP contribution is -2.62. The summed E-state index contributed by atoms with van der Waals surface area (Å²) in [6.45, 7) is 12.7. The average Bonchev–Trinajstić information content (AvgIpc) is 3.34. The van der Waals surface area contributed by atoms with Crippen LogP contribution in [-0.2, 0) is 19.2 Å². The molecule has 1 saturated heterocycles. The fraction of sp³-hybridized carbons (Fsp3) is 0.636. The molecule has 0 spiro atoms. The Morgan fingerprint density at radius 3 is 2.04 bits per heavy atom. The van der Waals surface area contributed by atoms with Crippen LogP contribution in [0.25, 0.3) is 0 Å². The van der Waals surface area contributed by atoms with Crippen molar-refractivity contribution in [3.05, 3.63) is 35.9 Å². The summed E-state index contributed by atoms with van der Waals surface area (Å²) in [6.07, 6.45) is -0.497. The summed E-state index contributed by atoms with van der Waals surface area (Å²) in [5.41, 5.74) is 4.74. The number of nitrogens with zero attached hydrogens (tertiary/aromatic N) is 1. The quantitative estimate of drug-likeness (QED) is 0.190. The Bertz CT molecular complexity index is 1330. The van der Waals surface area contributed by atoms with Gasteiger partial charge in [-0.05, 0) is 36.0 Å². The number of Topliss-reactive ketones (excluding diaryl/α,β-unsaturated/α-hetero) is 2. The maximum atomic E-state index is 14.2. The van der Waals surface area contributed by atoms with Crippen molar-refractivity contribution in [2.75, 3.05) is 6.54 Å². The van der Waals surface area contributed by atoms with E-state index in [1.165, 1.54) is 4.90 Å². The van der Waals surface area contributed by atoms with Gasteiger partial charge in [-0.1, -0.05) is 78.8 Å². The summed E-state index contributed by atoms with van der Waals surface area (Å²) in [7, 11) is 0. The van der Waals surface area contributed by atoms with Crippen LogP contribution < -0.4 is 21.7 Å². The molecule has 5 amide bonds. The van der Waals surface area contributed by atoms with Gasteiger partial charge >= 0.3 is 6.03 Å². The molecule has 0 aromatic heterocycles. The van der Waals surface area contributed by atoms with Crippen molar-refractivity contribution in [1.82, 2.24) is 20.9 Å². The minimum Gasteiger partial charge on any atom is -0.363 e. The zero-order valence-corrected chi connectivity index (χ0v) is 27.6. The zero-order valence-electron chi connectivity index (χ0n) is 27.6. The van der Waals surface area contributed by atoms with Crippen LogP contribution in [0.5, 0.6) is 0 Å². The summed E-state index contributed by atoms with van der Waals surface area (Å²) < 4.78 is 27.4. The number of benzene rings is 1. The minimum absolute atomic E-state index is 0.0910. The second kappa shape index (κ2) is 14.3. The summed E-state index contributed by atoms with van der Waals surface area (Å²) >= 11 is 0. The number of hydrogen-bond donors (Lipinski definition) is 4. The van der Waals surface area contributed by atoms with E-state index in [4.69, 9.17) is 5.73 Å². The maximum Gasteiger partial charge on any atom is 0.316 e. The van der Waals surface area contributed by atoms with Crippen LogP contribution in [0.4, 0.5) is 13.6 Å². The third-order valence-corrected chi connectivity index (χ3v) is 8.89. The first-order valence-electron chi connectivity index (χ1n) is 15.7. The summed E-state index contributed by atoms with van der Waals surface area (Å²) in [4.78, 5) is 80.1. The Labute approximate surface area is 268 Å². The molecule has 11 nitrogen and oxygen atoms in total. The number of hydrogen-bond acceptors (Lipinski definition) is 6. The van der Waals surface area contributed by atoms with Gasteiger partial charge in [0, 0.05) is 24.4 Å². The molecular formula is C33H47F2N5O6. The molecule has 6 atom stereocenters. The predicted octanol–water partition coefficient (Wildman–Crippen LogP) is 3.07. The van der Waals surface area contributed by atoms with E-state index in [1.807, 2.05) is 13.8 Å². The molecule has 2 aliphatic rings. The number of urea groups is 1. The molecule has 1 aliphatic carbocycles. The molecule has 0 radical (unpaired) electrons. The van der Waals surface area contributed by atoms with E-state index in [0.717, 1.165) is 0 Å². The number of halogens is 2. The van der Waals surface area contributed by atoms with Gasteiger partial charge in [0.2, 0.25) is 17.6 Å². The van der Waals surface area contributed by atoms with Crippen molar-refractivity contribution < 1.29 is 37.5 Å². The lowest BCUT2D eigenvalue weighted by Gasteiger charge is -2.37. The van der Waals surface area contributed by atoms with E-state index in [1.54, 1.807) is 65.0 Å². The highest BCUT2D eigenvalue weighted by Gasteiger charge is 2.58. The number of amides is 5. The minimum atomic E-state index is -3.00. The van der Waals surface area contributed by atoms with Gasteiger partial charge in [0.05, 0.1) is 12.1 Å². The Morgan fingerprint density at radius 1 is 0.978 bits per heavy atom. The van der Waals surface area contributed by atoms with Gasteiger partial charge in [0.1, 0.15) is 12.1 Å². The van der Waals surface area contributed by atoms with Gasteiger partial charge < -0.3 is 26.6 Å². The van der Waals surface area contributed by atoms with Crippen molar-refractivity contribution in [2.45, 2.75) is 97.8 Å². The fourth-order valence-electron chi connectivity index (χ4n) is 6.01. The zero-order chi connectivity index (χ0) is 34.7. The van der Waals surface area contributed by atoms with Gasteiger partial charge in [0.25, 0.3) is 11.8 Å². The summed E-state index contributed by atoms with van der Waals surface area (Å²) in [5.74, 6) is -9.07. The monoisotopic (exact) mass is 647 g/mol. The number of rotatable bonds is 13. The standard InChI is InChI=1S/C33H47F2N5O6/c1-17(2)21-13-14-40(24(21)29(44)37-22(26(42)28(36)43)15-20-16-33(20,34)35)30(45)27(32(5,6)7)39-31(46)38-23(18(3)4)25(41)19-11-9-8-10-12-19/h8-12,17-18,20-24,27H,13-16H2,1-7H3,(H2,36,43)(H,37,44)(H2,38,39,46)/t20?,21-,22?,23+,24+,27-/m1/s1. The Balaban J connectivity index is 1.84. The van der Waals surface area contributed by atoms with Crippen molar-refractivity contribution in [1.29, 1.82) is 0 Å². The molecule has 1 aromatic rings. The van der Waals surface area contributed by atoms with Crippen LogP contribution in [0.1, 0.15) is 78.1 Å². The Morgan fingerprint density at radius 2 is 1.57 bits per heavy atom. The molecule has 46 heavy (non-hydrogen) atoms. The molecule has 254 valence electrons. The summed E-state index contributed by atoms with van der Waals surface area (Å²) in [5, 5.41) is 7.88. The fourth-order valence-corrected chi connectivity index (χ4v) is 6.01. The van der Waals surface area contributed by atoms with E-state index in [-0.39, 0.29) is 30.1 Å². The smallest absolute Gasteiger partial charge is 0.316 e. The van der Waals surface area contributed by atoms with Gasteiger partial charge in [-0.3, -0.25) is 24.0 Å². The number of likely N-dealkylation sites (tertiary alicyclic amines) is 1. The van der Waals surface area contributed by atoms with Gasteiger partial charge in [-0.15, -0.1) is 0 Å². The van der Waals surface area contributed by atoms with Crippen LogP contribution >= 0.6 is 0 Å². The van der Waals surface area contributed by atoms with Crippen molar-refractivity contribution in [3.8, 4) is 0 Å². The largest absolute Gasteiger partial charge is 0.363 e. The highest BCUT2D eigenvalue weighted by Crippen LogP contribution is 2.51. The van der Waals surface area contributed by atoms with Crippen LogP contribution in [-0.4, -0.2) is 76.9 Å². The van der Waals surface area contributed by atoms with E-state index in [2.05, 4.69) is 16.0 Å². The van der Waals surface area contributed by atoms with Crippen LogP contribution in [0.15, 0.2) is 30.3 Å². The highest BCUT2D eigenvalue weighted by atomic mass is 19.3. The number of nitrogens with one attached hydrogen (secondary N) is 3. The summed E-state index contributed by atoms with van der Waals surface area (Å²) in [6, 6.07) is 3.10. The molecule has 0 bridgehead atoms. The van der Waals surface area contributed by atoms with Crippen molar-refractivity contribution >= 4 is 35.3 Å². The van der Waals surface area contributed by atoms with Gasteiger partial charge in [-0.25, -0.2) is 13.6 Å². The SMILES string of the molecule is CC(C)[C@H](NC(=O)N[C@H](C(=O)N1CC[C@H](C(C)C)[C@H]1C(=O)NC(CC1CC1(F)F)C(=O)C(N)=O)C(C)(C)C)C(=O)c1ccccc1. The molecule has 1 aliphatic heterocycles. The molecule has 3 rings (SSSR count). The number of primary amides is 1. The second-order valence-electron chi connectivity index (χ2n) is 14.2. The topological polar surface area (TPSA) is 168 Å². The lowest BCUT2D eigenvalue weighted by molar-refractivity contribution is -0.144. The molecular weight excluding hydrogens is 600 g/mol. The van der Waals surface area contributed by atoms with Crippen LogP contribution in [0.2, 0.25) is 0 Å². The second-order valence-corrected chi connectivity index (χ2v) is 14.2. The van der Waals surface area contributed by atoms with Crippen molar-refractivity contribution in [2.24, 2.45) is 34.8 Å². The number of carbonyl (C=O) groups excluding carboxylic acids is 6. The predicted molar refractivity (Wildman–Crippen MR) is 167 cm³/mol. The molecule has 13 heteroatoms. The van der Waals surface area contributed by atoms with Gasteiger partial charge in [-0.2, -0.15) is 0 Å². The van der Waals surface area contributed by atoms with E-state index in [0.29, 0.717) is 12.0 Å². The van der Waals surface area contributed by atoms with Gasteiger partial charge in [0.15, 0.2) is 5.78 Å². The molecule has 1 saturated carbocycles. The highest BCUT2D eigenvalue weighted by molar-refractivity contribution is 6.37. The average molecular weight is 648 g/mol. The molecule has 2 fully saturated rings. The van der Waals surface area contributed by atoms with E-state index < -0.39 is 83.8 Å². The molecule has 1 heterocycles. The molecule has 2 unspecified atom stereocenters. The van der Waals surface area contributed by atoms with E-state index >= 15 is 0 Å². The third-order valence-electron chi connectivity index (χ3n) is 8.89. The molecule has 1 aromatic carbocycles. The number of carbonyl (C=O) groups is 6. The van der Waals surface area contributed by atoms with E-state index in [9.17, 15) is 37.5 Å². The number of nitrogens with two attached hydrogens (primary N) is 1. The Hall–Kier alpha value is -3.90. The Kier molecular flexibility index (Phi) is 11.3. The normalized spacial score (nSPS) is 22.5. The van der Waals surface area contributed by atoms with Crippen LogP contribution in [0.3, 0.4) is 0 Å². The first-order chi connectivity index (χ1) is 21.3. The van der Waals surface area contributed by atoms with Crippen LogP contribution in [0, 0.1) is 29.1 Å². The third kappa shape index (κ3) is 8.67. The number of alkyl halides is 2. The first-order valence-corrected chi connectivity index (χ1v) is 15.7. The maximum absolute atomic E-state index is 14.2.